The van der Waals surface area contributed by atoms with Crippen molar-refractivity contribution in [3.8, 4) is 5.69 Å². The van der Waals surface area contributed by atoms with Crippen LogP contribution >= 0.6 is 34.8 Å². The summed E-state index contributed by atoms with van der Waals surface area (Å²) >= 11 is 18.3. The first kappa shape index (κ1) is 16.4. The van der Waals surface area contributed by atoms with E-state index in [0.717, 1.165) is 11.4 Å². The van der Waals surface area contributed by atoms with Crippen LogP contribution in [0.3, 0.4) is 0 Å². The zero-order valence-electron chi connectivity index (χ0n) is 12.0. The molecule has 1 aromatic heterocycles. The quantitative estimate of drug-likeness (QED) is 0.803. The molecule has 114 valence electrons. The Balaban J connectivity index is 2.42. The Morgan fingerprint density at radius 2 is 1.90 bits per heavy atom. The summed E-state index contributed by atoms with van der Waals surface area (Å²) in [4.78, 5) is 4.46. The minimum absolute atomic E-state index is 0.108. The molecule has 2 aromatic rings. The highest BCUT2D eigenvalue weighted by molar-refractivity contribution is 6.43. The molecule has 0 saturated carbocycles. The van der Waals surface area contributed by atoms with Gasteiger partial charge in [0.2, 0.25) is 5.95 Å². The van der Waals surface area contributed by atoms with Crippen LogP contribution in [0.1, 0.15) is 12.6 Å². The molecule has 0 fully saturated rings. The van der Waals surface area contributed by atoms with E-state index in [0.29, 0.717) is 27.6 Å². The first-order chi connectivity index (χ1) is 9.92. The van der Waals surface area contributed by atoms with Crippen LogP contribution in [0.4, 0.5) is 5.95 Å². The first-order valence-electron chi connectivity index (χ1n) is 6.38. The third-order valence-electron chi connectivity index (χ3n) is 2.87. The monoisotopic (exact) mass is 347 g/mol. The summed E-state index contributed by atoms with van der Waals surface area (Å²) in [7, 11) is 1.66. The van der Waals surface area contributed by atoms with Crippen molar-refractivity contribution in [3.63, 3.8) is 0 Å². The lowest BCUT2D eigenvalue weighted by Gasteiger charge is -2.16. The van der Waals surface area contributed by atoms with E-state index in [-0.39, 0.29) is 6.04 Å². The van der Waals surface area contributed by atoms with Crippen molar-refractivity contribution in [1.29, 1.82) is 0 Å². The summed E-state index contributed by atoms with van der Waals surface area (Å²) in [5, 5.41) is 4.65. The van der Waals surface area contributed by atoms with Gasteiger partial charge in [-0.25, -0.2) is 4.98 Å². The normalized spacial score (nSPS) is 12.5. The van der Waals surface area contributed by atoms with Crippen LogP contribution in [0, 0.1) is 6.92 Å². The Morgan fingerprint density at radius 3 is 2.57 bits per heavy atom. The van der Waals surface area contributed by atoms with Crippen molar-refractivity contribution < 1.29 is 4.74 Å². The lowest BCUT2D eigenvalue weighted by molar-refractivity contribution is 0.190. The van der Waals surface area contributed by atoms with Crippen LogP contribution in [-0.2, 0) is 4.74 Å². The SMILES string of the molecule is COCC(C)Nc1nc(C)cn1-c1cc(Cl)c(Cl)cc1Cl. The zero-order chi connectivity index (χ0) is 15.6. The molecule has 1 aromatic carbocycles. The number of anilines is 1. The predicted molar refractivity (Wildman–Crippen MR) is 88.3 cm³/mol. The Bertz CT molecular complexity index is 643. The van der Waals surface area contributed by atoms with E-state index in [9.17, 15) is 0 Å². The van der Waals surface area contributed by atoms with Crippen molar-refractivity contribution >= 4 is 40.8 Å². The number of nitrogens with zero attached hydrogens (tertiary/aromatic N) is 2. The number of aryl methyl sites for hydroxylation is 1. The van der Waals surface area contributed by atoms with Crippen LogP contribution in [0.2, 0.25) is 15.1 Å². The highest BCUT2D eigenvalue weighted by Gasteiger charge is 2.14. The Morgan fingerprint density at radius 1 is 1.24 bits per heavy atom. The van der Waals surface area contributed by atoms with E-state index in [2.05, 4.69) is 10.3 Å². The van der Waals surface area contributed by atoms with E-state index >= 15 is 0 Å². The van der Waals surface area contributed by atoms with E-state index in [1.165, 1.54) is 0 Å². The van der Waals surface area contributed by atoms with E-state index < -0.39 is 0 Å². The number of halogens is 3. The van der Waals surface area contributed by atoms with Gasteiger partial charge in [0.05, 0.1) is 33.1 Å². The number of ether oxygens (including phenoxy) is 1. The number of nitrogens with one attached hydrogen (secondary N) is 1. The van der Waals surface area contributed by atoms with Crippen molar-refractivity contribution in [2.24, 2.45) is 0 Å². The van der Waals surface area contributed by atoms with Gasteiger partial charge < -0.3 is 10.1 Å². The number of methoxy groups -OCH3 is 1. The topological polar surface area (TPSA) is 39.1 Å². The van der Waals surface area contributed by atoms with Crippen molar-refractivity contribution in [1.82, 2.24) is 9.55 Å². The van der Waals surface area contributed by atoms with Gasteiger partial charge in [0, 0.05) is 19.3 Å². The molecule has 1 unspecified atom stereocenters. The zero-order valence-corrected chi connectivity index (χ0v) is 14.2. The molecule has 4 nitrogen and oxygen atoms in total. The standard InChI is InChI=1S/C14H16Cl3N3O/c1-8-6-20(14(18-8)19-9(2)7-21-3)13-5-11(16)10(15)4-12(13)17/h4-6,9H,7H2,1-3H3,(H,18,19). The molecule has 0 bridgehead atoms. The molecular formula is C14H16Cl3N3O. The number of imidazole rings is 1. The van der Waals surface area contributed by atoms with E-state index in [1.54, 1.807) is 19.2 Å². The molecule has 0 spiro atoms. The molecule has 21 heavy (non-hydrogen) atoms. The van der Waals surface area contributed by atoms with Crippen LogP contribution in [0.5, 0.6) is 0 Å². The lowest BCUT2D eigenvalue weighted by Crippen LogP contribution is -2.22. The summed E-state index contributed by atoms with van der Waals surface area (Å²) in [6.07, 6.45) is 1.88. The fourth-order valence-corrected chi connectivity index (χ4v) is 2.62. The smallest absolute Gasteiger partial charge is 0.208 e. The molecule has 2 rings (SSSR count). The van der Waals surface area contributed by atoms with Crippen molar-refractivity contribution in [3.05, 3.63) is 39.1 Å². The fourth-order valence-electron chi connectivity index (χ4n) is 1.99. The molecule has 1 atom stereocenters. The maximum Gasteiger partial charge on any atom is 0.208 e. The second-order valence-corrected chi connectivity index (χ2v) is 6.02. The minimum atomic E-state index is 0.108. The largest absolute Gasteiger partial charge is 0.383 e. The van der Waals surface area contributed by atoms with E-state index in [4.69, 9.17) is 39.5 Å². The number of rotatable bonds is 5. The number of benzene rings is 1. The summed E-state index contributed by atoms with van der Waals surface area (Å²) in [5.74, 6) is 0.678. The molecule has 0 aliphatic rings. The highest BCUT2D eigenvalue weighted by Crippen LogP contribution is 2.32. The van der Waals surface area contributed by atoms with Gasteiger partial charge in [-0.1, -0.05) is 34.8 Å². The van der Waals surface area contributed by atoms with Crippen molar-refractivity contribution in [2.45, 2.75) is 19.9 Å². The van der Waals surface area contributed by atoms with Crippen LogP contribution in [0.15, 0.2) is 18.3 Å². The van der Waals surface area contributed by atoms with Crippen LogP contribution in [0.25, 0.3) is 5.69 Å². The van der Waals surface area contributed by atoms with Gasteiger partial charge >= 0.3 is 0 Å². The summed E-state index contributed by atoms with van der Waals surface area (Å²) in [6, 6.07) is 3.45. The Kier molecular flexibility index (Phi) is 5.38. The minimum Gasteiger partial charge on any atom is -0.383 e. The van der Waals surface area contributed by atoms with Gasteiger partial charge in [-0.3, -0.25) is 4.57 Å². The molecule has 7 heteroatoms. The maximum absolute atomic E-state index is 6.27. The molecule has 0 amide bonds. The third kappa shape index (κ3) is 3.83. The van der Waals surface area contributed by atoms with Gasteiger partial charge in [-0.15, -0.1) is 0 Å². The van der Waals surface area contributed by atoms with Crippen molar-refractivity contribution in [2.75, 3.05) is 19.0 Å². The first-order valence-corrected chi connectivity index (χ1v) is 7.52. The molecule has 0 radical (unpaired) electrons. The number of hydrogen-bond acceptors (Lipinski definition) is 3. The van der Waals surface area contributed by atoms with Gasteiger partial charge in [-0.2, -0.15) is 0 Å². The second-order valence-electron chi connectivity index (χ2n) is 4.79. The molecule has 1 heterocycles. The Labute approximate surface area is 139 Å². The number of hydrogen-bond donors (Lipinski definition) is 1. The molecule has 0 aliphatic carbocycles. The van der Waals surface area contributed by atoms with Gasteiger partial charge in [0.1, 0.15) is 0 Å². The van der Waals surface area contributed by atoms with Crippen LogP contribution < -0.4 is 5.32 Å². The molecule has 0 aliphatic heterocycles. The molecule has 1 N–H and O–H groups in total. The molecular weight excluding hydrogens is 333 g/mol. The lowest BCUT2D eigenvalue weighted by atomic mass is 10.3. The average molecular weight is 349 g/mol. The Hall–Kier alpha value is -0.940. The summed E-state index contributed by atoms with van der Waals surface area (Å²) < 4.78 is 6.98. The second kappa shape index (κ2) is 6.88. The third-order valence-corrected chi connectivity index (χ3v) is 3.89. The fraction of sp³-hybridized carbons (Fsp3) is 0.357. The van der Waals surface area contributed by atoms with Crippen LogP contribution in [-0.4, -0.2) is 29.3 Å². The predicted octanol–water partition coefficient (Wildman–Crippen LogP) is 4.59. The van der Waals surface area contributed by atoms with Gasteiger partial charge in [0.25, 0.3) is 0 Å². The number of aromatic nitrogens is 2. The summed E-state index contributed by atoms with van der Waals surface area (Å²) in [5.41, 5.74) is 1.59. The maximum atomic E-state index is 6.27. The van der Waals surface area contributed by atoms with Gasteiger partial charge in [0.15, 0.2) is 0 Å². The summed E-state index contributed by atoms with van der Waals surface area (Å²) in [6.45, 7) is 4.49. The van der Waals surface area contributed by atoms with Gasteiger partial charge in [-0.05, 0) is 26.0 Å². The van der Waals surface area contributed by atoms with E-state index in [1.807, 2.05) is 24.6 Å². The average Bonchev–Trinajstić information content (AvgIpc) is 2.74. The molecule has 0 saturated heterocycles. The highest BCUT2D eigenvalue weighted by atomic mass is 35.5.